The van der Waals surface area contributed by atoms with E-state index in [-0.39, 0.29) is 23.1 Å². The predicted octanol–water partition coefficient (Wildman–Crippen LogP) is 4.55. The number of hydrogen-bond acceptors (Lipinski definition) is 6. The molecule has 2 N–H and O–H groups in total. The zero-order valence-electron chi connectivity index (χ0n) is 23.4. The summed E-state index contributed by atoms with van der Waals surface area (Å²) in [6.45, 7) is 5.41. The van der Waals surface area contributed by atoms with Crippen molar-refractivity contribution in [3.8, 4) is 11.8 Å². The molecule has 8 nitrogen and oxygen atoms in total. The molecule has 0 bridgehead atoms. The van der Waals surface area contributed by atoms with Gasteiger partial charge in [-0.25, -0.2) is 9.97 Å². The lowest BCUT2D eigenvalue weighted by atomic mass is 10.0. The Hall–Kier alpha value is -4.27. The van der Waals surface area contributed by atoms with Gasteiger partial charge in [0.05, 0.1) is 18.0 Å². The first-order valence-corrected chi connectivity index (χ1v) is 13.7. The molecule has 1 aliphatic carbocycles. The molecule has 218 valence electrons. The number of benzene rings is 2. The molecule has 0 radical (unpaired) electrons. The van der Waals surface area contributed by atoms with Crippen molar-refractivity contribution in [1.82, 2.24) is 19.8 Å². The van der Waals surface area contributed by atoms with Gasteiger partial charge in [-0.3, -0.25) is 14.5 Å². The Kier molecular flexibility index (Phi) is 8.56. The zero-order valence-corrected chi connectivity index (χ0v) is 23.4. The summed E-state index contributed by atoms with van der Waals surface area (Å²) in [4.78, 5) is 37.7. The first kappa shape index (κ1) is 29.2. The summed E-state index contributed by atoms with van der Waals surface area (Å²) in [6.07, 6.45) is 0.116. The molecule has 0 atom stereocenters. The molecule has 1 saturated carbocycles. The van der Waals surface area contributed by atoms with Crippen LogP contribution in [0.1, 0.15) is 51.1 Å². The molecule has 2 heterocycles. The van der Waals surface area contributed by atoms with Crippen LogP contribution in [-0.2, 0) is 17.5 Å². The van der Waals surface area contributed by atoms with Crippen LogP contribution in [-0.4, -0.2) is 64.8 Å². The lowest BCUT2D eigenvalue weighted by Crippen LogP contribution is -2.43. The van der Waals surface area contributed by atoms with E-state index < -0.39 is 17.6 Å². The lowest BCUT2D eigenvalue weighted by Gasteiger charge is -2.32. The number of nitrogens with zero attached hydrogens (tertiary/aromatic N) is 4. The highest BCUT2D eigenvalue weighted by atomic mass is 19.4. The van der Waals surface area contributed by atoms with Gasteiger partial charge in [0.1, 0.15) is 5.69 Å². The van der Waals surface area contributed by atoms with Crippen molar-refractivity contribution in [2.75, 3.05) is 43.9 Å². The monoisotopic (exact) mass is 576 g/mol. The van der Waals surface area contributed by atoms with Crippen LogP contribution in [0.3, 0.4) is 0 Å². The van der Waals surface area contributed by atoms with Crippen LogP contribution in [0.25, 0.3) is 0 Å². The van der Waals surface area contributed by atoms with Crippen molar-refractivity contribution in [2.24, 2.45) is 5.92 Å². The third-order valence-corrected chi connectivity index (χ3v) is 7.26. The largest absolute Gasteiger partial charge is 0.416 e. The number of nitrogens with one attached hydrogen (secondary N) is 2. The van der Waals surface area contributed by atoms with Crippen LogP contribution in [0.15, 0.2) is 48.8 Å². The molecule has 2 amide bonds. The van der Waals surface area contributed by atoms with Crippen LogP contribution in [0.4, 0.5) is 24.7 Å². The van der Waals surface area contributed by atoms with E-state index in [1.54, 1.807) is 24.3 Å². The molecule has 2 aromatic carbocycles. The second-order valence-corrected chi connectivity index (χ2v) is 10.8. The quantitative estimate of drug-likeness (QED) is 0.419. The lowest BCUT2D eigenvalue weighted by molar-refractivity contribution is -0.137. The van der Waals surface area contributed by atoms with Gasteiger partial charge in [-0.1, -0.05) is 12.0 Å². The van der Waals surface area contributed by atoms with E-state index >= 15 is 0 Å². The van der Waals surface area contributed by atoms with Gasteiger partial charge in [0, 0.05) is 55.5 Å². The van der Waals surface area contributed by atoms with Gasteiger partial charge in [-0.15, -0.1) is 0 Å². The highest BCUT2D eigenvalue weighted by molar-refractivity contribution is 6.04. The van der Waals surface area contributed by atoms with Gasteiger partial charge < -0.3 is 15.5 Å². The minimum absolute atomic E-state index is 0.0523. The average molecular weight is 577 g/mol. The number of aryl methyl sites for hydroxylation is 1. The van der Waals surface area contributed by atoms with E-state index in [9.17, 15) is 22.8 Å². The molecule has 42 heavy (non-hydrogen) atoms. The van der Waals surface area contributed by atoms with Crippen molar-refractivity contribution in [3.63, 3.8) is 0 Å². The Morgan fingerprint density at radius 3 is 2.40 bits per heavy atom. The number of likely N-dealkylation sites (N-methyl/N-ethyl adjacent to an activating group) is 1. The number of hydrogen-bond donors (Lipinski definition) is 2. The van der Waals surface area contributed by atoms with E-state index in [0.29, 0.717) is 29.2 Å². The number of alkyl halides is 3. The molecular formula is C31H31F3N6O2. The molecule has 1 aromatic heterocycles. The first-order chi connectivity index (χ1) is 20.0. The molecule has 0 unspecified atom stereocenters. The van der Waals surface area contributed by atoms with E-state index in [1.807, 2.05) is 14.0 Å². The summed E-state index contributed by atoms with van der Waals surface area (Å²) < 4.78 is 41.1. The predicted molar refractivity (Wildman–Crippen MR) is 153 cm³/mol. The van der Waals surface area contributed by atoms with Crippen LogP contribution in [0.5, 0.6) is 0 Å². The molecule has 1 aliphatic heterocycles. The Bertz CT molecular complexity index is 1530. The van der Waals surface area contributed by atoms with Crippen LogP contribution < -0.4 is 10.6 Å². The van der Waals surface area contributed by atoms with E-state index in [4.69, 9.17) is 0 Å². The average Bonchev–Trinajstić information content (AvgIpc) is 3.80. The van der Waals surface area contributed by atoms with Crippen molar-refractivity contribution in [2.45, 2.75) is 32.5 Å². The van der Waals surface area contributed by atoms with Crippen molar-refractivity contribution < 1.29 is 22.8 Å². The molecule has 3 aromatic rings. The normalized spacial score (nSPS) is 15.9. The number of piperazine rings is 1. The smallest absolute Gasteiger partial charge is 0.322 e. The number of aromatic nitrogens is 2. The van der Waals surface area contributed by atoms with Gasteiger partial charge in [-0.2, -0.15) is 13.2 Å². The maximum Gasteiger partial charge on any atom is 0.416 e. The number of carbonyl (C=O) groups excluding carboxylic acids is 2. The topological polar surface area (TPSA) is 90.5 Å². The summed E-state index contributed by atoms with van der Waals surface area (Å²) in [7, 11) is 2.01. The Balaban J connectivity index is 1.30. The molecule has 2 fully saturated rings. The Morgan fingerprint density at radius 2 is 1.74 bits per heavy atom. The van der Waals surface area contributed by atoms with Gasteiger partial charge in [0.2, 0.25) is 5.91 Å². The SMILES string of the molecule is Cc1ccc(C(=O)Nc2cc(CN3CCN(C)CC3)cc(C(F)(F)F)c2)cc1C#Cc1cnc(NC(=O)C2CC2)cn1. The maximum atomic E-state index is 13.7. The second kappa shape index (κ2) is 12.3. The summed E-state index contributed by atoms with van der Waals surface area (Å²) in [5, 5.41) is 5.36. The van der Waals surface area contributed by atoms with Gasteiger partial charge in [-0.05, 0) is 74.2 Å². The van der Waals surface area contributed by atoms with E-state index in [1.165, 1.54) is 12.4 Å². The molecule has 0 spiro atoms. The van der Waals surface area contributed by atoms with Gasteiger partial charge in [0.15, 0.2) is 5.82 Å². The fourth-order valence-corrected chi connectivity index (χ4v) is 4.55. The molecule has 1 saturated heterocycles. The molecule has 2 aliphatic rings. The van der Waals surface area contributed by atoms with Crippen LogP contribution in [0.2, 0.25) is 0 Å². The Morgan fingerprint density at radius 1 is 0.976 bits per heavy atom. The molecule has 11 heteroatoms. The van der Waals surface area contributed by atoms with Crippen LogP contribution in [0, 0.1) is 24.7 Å². The first-order valence-electron chi connectivity index (χ1n) is 13.7. The number of carbonyl (C=O) groups is 2. The molecule has 5 rings (SSSR count). The van der Waals surface area contributed by atoms with Crippen molar-refractivity contribution in [3.05, 3.63) is 82.3 Å². The Labute approximate surface area is 242 Å². The standard InChI is InChI=1S/C31H31F3N6O2/c1-20-3-4-24(15-23(20)7-8-26-17-36-28(18-35-26)38-29(41)22-5-6-22)30(42)37-27-14-21(13-25(16-27)31(32,33)34)19-40-11-9-39(2)10-12-40/h3-4,13-18,22H,5-6,9-12,19H2,1-2H3,(H,37,42)(H,36,38,41). The van der Waals surface area contributed by atoms with Crippen molar-refractivity contribution >= 4 is 23.3 Å². The highest BCUT2D eigenvalue weighted by Crippen LogP contribution is 2.33. The minimum Gasteiger partial charge on any atom is -0.322 e. The van der Waals surface area contributed by atoms with E-state index in [0.717, 1.165) is 56.7 Å². The fraction of sp³-hybridized carbons (Fsp3) is 0.355. The third kappa shape index (κ3) is 7.72. The number of rotatable bonds is 6. The highest BCUT2D eigenvalue weighted by Gasteiger charge is 2.32. The number of halogens is 3. The summed E-state index contributed by atoms with van der Waals surface area (Å²) in [5.74, 6) is 5.69. The summed E-state index contributed by atoms with van der Waals surface area (Å²) in [6, 6.07) is 8.61. The minimum atomic E-state index is -4.55. The maximum absolute atomic E-state index is 13.7. The van der Waals surface area contributed by atoms with Gasteiger partial charge >= 0.3 is 6.18 Å². The second-order valence-electron chi connectivity index (χ2n) is 10.8. The molecular weight excluding hydrogens is 545 g/mol. The number of amides is 2. The van der Waals surface area contributed by atoms with Gasteiger partial charge in [0.25, 0.3) is 5.91 Å². The third-order valence-electron chi connectivity index (χ3n) is 7.26. The van der Waals surface area contributed by atoms with E-state index in [2.05, 4.69) is 42.2 Å². The van der Waals surface area contributed by atoms with Crippen LogP contribution >= 0.6 is 0 Å². The van der Waals surface area contributed by atoms with Crippen molar-refractivity contribution in [1.29, 1.82) is 0 Å². The number of anilines is 2. The fourth-order valence-electron chi connectivity index (χ4n) is 4.55. The summed E-state index contributed by atoms with van der Waals surface area (Å²) >= 11 is 0. The zero-order chi connectivity index (χ0) is 29.9. The summed E-state index contributed by atoms with van der Waals surface area (Å²) in [5.41, 5.74) is 1.77.